The van der Waals surface area contributed by atoms with Gasteiger partial charge in [0.15, 0.2) is 0 Å². The molecule has 0 saturated heterocycles. The van der Waals surface area contributed by atoms with Crippen LogP contribution in [0.4, 0.5) is 0 Å². The molecule has 0 aromatic rings. The van der Waals surface area contributed by atoms with Crippen molar-refractivity contribution in [1.29, 1.82) is 0 Å². The van der Waals surface area contributed by atoms with Gasteiger partial charge in [0.25, 0.3) is 0 Å². The van der Waals surface area contributed by atoms with E-state index < -0.39 is 5.54 Å². The Morgan fingerprint density at radius 1 is 1.35 bits per heavy atom. The predicted octanol–water partition coefficient (Wildman–Crippen LogP) is 2.12. The molecule has 0 fully saturated rings. The van der Waals surface area contributed by atoms with Crippen LogP contribution in [0.1, 0.15) is 47.5 Å². The SMILES string of the molecule is CCCC(C)OCC(C)(NCC)C(=O)OCC. The van der Waals surface area contributed by atoms with Crippen molar-refractivity contribution in [3.63, 3.8) is 0 Å². The Morgan fingerprint density at radius 3 is 2.47 bits per heavy atom. The van der Waals surface area contributed by atoms with Crippen LogP contribution in [0.15, 0.2) is 0 Å². The summed E-state index contributed by atoms with van der Waals surface area (Å²) in [6, 6.07) is 0. The Bertz CT molecular complexity index is 221. The second kappa shape index (κ2) is 8.48. The van der Waals surface area contributed by atoms with Gasteiger partial charge in [-0.25, -0.2) is 4.79 Å². The molecular weight excluding hydrogens is 218 g/mol. The summed E-state index contributed by atoms with van der Waals surface area (Å²) >= 11 is 0. The van der Waals surface area contributed by atoms with E-state index in [1.54, 1.807) is 0 Å². The molecule has 0 spiro atoms. The zero-order chi connectivity index (χ0) is 13.3. The van der Waals surface area contributed by atoms with Gasteiger partial charge in [0, 0.05) is 0 Å². The third-order valence-corrected chi connectivity index (χ3v) is 2.64. The van der Waals surface area contributed by atoms with Crippen molar-refractivity contribution in [2.75, 3.05) is 19.8 Å². The summed E-state index contributed by atoms with van der Waals surface area (Å²) < 4.78 is 10.8. The Balaban J connectivity index is 4.34. The average Bonchev–Trinajstić information content (AvgIpc) is 2.27. The fourth-order valence-electron chi connectivity index (χ4n) is 1.66. The number of rotatable bonds is 9. The summed E-state index contributed by atoms with van der Waals surface area (Å²) in [4.78, 5) is 11.9. The number of carbonyl (C=O) groups is 1. The molecule has 0 amide bonds. The first-order chi connectivity index (χ1) is 8.00. The van der Waals surface area contributed by atoms with Gasteiger partial charge in [-0.2, -0.15) is 0 Å². The zero-order valence-corrected chi connectivity index (χ0v) is 11.8. The highest BCUT2D eigenvalue weighted by atomic mass is 16.5. The summed E-state index contributed by atoms with van der Waals surface area (Å²) in [6.45, 7) is 11.2. The topological polar surface area (TPSA) is 47.6 Å². The highest BCUT2D eigenvalue weighted by Crippen LogP contribution is 2.11. The Kier molecular flexibility index (Phi) is 8.17. The average molecular weight is 245 g/mol. The van der Waals surface area contributed by atoms with E-state index in [1.165, 1.54) is 0 Å². The molecule has 0 aliphatic rings. The maximum Gasteiger partial charge on any atom is 0.328 e. The first-order valence-corrected chi connectivity index (χ1v) is 6.54. The minimum absolute atomic E-state index is 0.174. The second-order valence-corrected chi connectivity index (χ2v) is 4.49. The van der Waals surface area contributed by atoms with Crippen molar-refractivity contribution in [2.24, 2.45) is 0 Å². The molecule has 0 aromatic carbocycles. The van der Waals surface area contributed by atoms with Crippen LogP contribution in [-0.4, -0.2) is 37.4 Å². The van der Waals surface area contributed by atoms with Gasteiger partial charge in [0.05, 0.1) is 19.3 Å². The van der Waals surface area contributed by atoms with Crippen LogP contribution in [0.3, 0.4) is 0 Å². The first kappa shape index (κ1) is 16.4. The lowest BCUT2D eigenvalue weighted by Gasteiger charge is -2.29. The molecule has 0 aliphatic heterocycles. The lowest BCUT2D eigenvalue weighted by molar-refractivity contribution is -0.154. The second-order valence-electron chi connectivity index (χ2n) is 4.49. The highest BCUT2D eigenvalue weighted by Gasteiger charge is 2.34. The van der Waals surface area contributed by atoms with Gasteiger partial charge in [-0.3, -0.25) is 0 Å². The van der Waals surface area contributed by atoms with Gasteiger partial charge in [-0.15, -0.1) is 0 Å². The van der Waals surface area contributed by atoms with Crippen LogP contribution in [0.5, 0.6) is 0 Å². The van der Waals surface area contributed by atoms with Crippen LogP contribution in [0.25, 0.3) is 0 Å². The molecule has 17 heavy (non-hydrogen) atoms. The summed E-state index contributed by atoms with van der Waals surface area (Å²) in [5, 5.41) is 3.14. The maximum absolute atomic E-state index is 11.9. The molecule has 2 unspecified atom stereocenters. The summed E-state index contributed by atoms with van der Waals surface area (Å²) in [5.41, 5.74) is -0.743. The Labute approximate surface area is 105 Å². The molecule has 0 aliphatic carbocycles. The summed E-state index contributed by atoms with van der Waals surface area (Å²) in [7, 11) is 0. The monoisotopic (exact) mass is 245 g/mol. The molecule has 1 N–H and O–H groups in total. The van der Waals surface area contributed by atoms with E-state index in [0.717, 1.165) is 12.8 Å². The van der Waals surface area contributed by atoms with E-state index in [9.17, 15) is 4.79 Å². The van der Waals surface area contributed by atoms with Gasteiger partial charge >= 0.3 is 5.97 Å². The number of hydrogen-bond acceptors (Lipinski definition) is 4. The minimum Gasteiger partial charge on any atom is -0.465 e. The van der Waals surface area contributed by atoms with Gasteiger partial charge in [-0.1, -0.05) is 20.3 Å². The van der Waals surface area contributed by atoms with Crippen LogP contribution in [0.2, 0.25) is 0 Å². The van der Waals surface area contributed by atoms with Gasteiger partial charge in [-0.05, 0) is 33.7 Å². The molecule has 2 atom stereocenters. The van der Waals surface area contributed by atoms with E-state index >= 15 is 0 Å². The summed E-state index contributed by atoms with van der Waals surface area (Å²) in [5.74, 6) is -0.245. The van der Waals surface area contributed by atoms with E-state index in [1.807, 2.05) is 27.7 Å². The molecule has 4 nitrogen and oxygen atoms in total. The first-order valence-electron chi connectivity index (χ1n) is 6.54. The standard InChI is InChI=1S/C13H27NO3/c1-6-9-11(4)17-10-13(5,14-7-2)12(15)16-8-3/h11,14H,6-10H2,1-5H3. The fourth-order valence-corrected chi connectivity index (χ4v) is 1.66. The number of carbonyl (C=O) groups excluding carboxylic acids is 1. The molecule has 0 bridgehead atoms. The Hall–Kier alpha value is -0.610. The van der Waals surface area contributed by atoms with Crippen molar-refractivity contribution in [3.05, 3.63) is 0 Å². The molecule has 4 heteroatoms. The molecule has 0 heterocycles. The number of nitrogens with one attached hydrogen (secondary N) is 1. The molecule has 0 rings (SSSR count). The number of ether oxygens (including phenoxy) is 2. The largest absolute Gasteiger partial charge is 0.465 e. The highest BCUT2D eigenvalue weighted by molar-refractivity contribution is 5.80. The van der Waals surface area contributed by atoms with Gasteiger partial charge in [0.1, 0.15) is 5.54 Å². The van der Waals surface area contributed by atoms with Crippen LogP contribution in [-0.2, 0) is 14.3 Å². The quantitative estimate of drug-likeness (QED) is 0.632. The third kappa shape index (κ3) is 6.03. The van der Waals surface area contributed by atoms with Crippen molar-refractivity contribution in [1.82, 2.24) is 5.32 Å². The molecular formula is C13H27NO3. The molecule has 0 aromatic heterocycles. The lowest BCUT2D eigenvalue weighted by Crippen LogP contribution is -2.54. The maximum atomic E-state index is 11.9. The van der Waals surface area contributed by atoms with E-state index in [4.69, 9.17) is 9.47 Å². The lowest BCUT2D eigenvalue weighted by atomic mass is 10.0. The van der Waals surface area contributed by atoms with Crippen molar-refractivity contribution in [3.8, 4) is 0 Å². The van der Waals surface area contributed by atoms with Gasteiger partial charge < -0.3 is 14.8 Å². The zero-order valence-electron chi connectivity index (χ0n) is 11.8. The number of hydrogen-bond donors (Lipinski definition) is 1. The van der Waals surface area contributed by atoms with Crippen LogP contribution in [0, 0.1) is 0 Å². The normalized spacial score (nSPS) is 16.3. The molecule has 0 radical (unpaired) electrons. The predicted molar refractivity (Wildman–Crippen MR) is 69.0 cm³/mol. The van der Waals surface area contributed by atoms with E-state index in [0.29, 0.717) is 19.8 Å². The molecule has 0 saturated carbocycles. The fraction of sp³-hybridized carbons (Fsp3) is 0.923. The number of esters is 1. The van der Waals surface area contributed by atoms with Crippen molar-refractivity contribution >= 4 is 5.97 Å². The van der Waals surface area contributed by atoms with Gasteiger partial charge in [0.2, 0.25) is 0 Å². The molecule has 102 valence electrons. The van der Waals surface area contributed by atoms with Crippen molar-refractivity contribution < 1.29 is 14.3 Å². The van der Waals surface area contributed by atoms with Crippen molar-refractivity contribution in [2.45, 2.75) is 59.1 Å². The smallest absolute Gasteiger partial charge is 0.328 e. The number of likely N-dealkylation sites (N-methyl/N-ethyl adjacent to an activating group) is 1. The Morgan fingerprint density at radius 2 is 2.00 bits per heavy atom. The van der Waals surface area contributed by atoms with Crippen LogP contribution < -0.4 is 5.32 Å². The van der Waals surface area contributed by atoms with E-state index in [2.05, 4.69) is 12.2 Å². The van der Waals surface area contributed by atoms with Crippen LogP contribution >= 0.6 is 0 Å². The minimum atomic E-state index is -0.743. The summed E-state index contributed by atoms with van der Waals surface area (Å²) in [6.07, 6.45) is 2.26. The van der Waals surface area contributed by atoms with E-state index in [-0.39, 0.29) is 12.1 Å². The third-order valence-electron chi connectivity index (χ3n) is 2.64.